The maximum atomic E-state index is 15.4. The van der Waals surface area contributed by atoms with E-state index in [9.17, 15) is 43.0 Å². The van der Waals surface area contributed by atoms with Crippen molar-refractivity contribution in [2.75, 3.05) is 67.1 Å². The number of nitrogens with zero attached hydrogens (tertiary/aromatic N) is 9. The van der Waals surface area contributed by atoms with E-state index in [1.807, 2.05) is 0 Å². The zero-order valence-corrected chi connectivity index (χ0v) is 64.1. The first-order chi connectivity index (χ1) is 49.8. The number of nitrogens with one attached hydrogen (secondary N) is 3. The van der Waals surface area contributed by atoms with Crippen LogP contribution in [-0.2, 0) is 92.3 Å². The van der Waals surface area contributed by atoms with Gasteiger partial charge < -0.3 is 70.4 Å². The van der Waals surface area contributed by atoms with Gasteiger partial charge in [-0.3, -0.25) is 74.0 Å². The predicted molar refractivity (Wildman–Crippen MR) is 380 cm³/mol. The Kier molecular flexibility index (Phi) is 20.9. The van der Waals surface area contributed by atoms with E-state index in [1.54, 1.807) is 32.6 Å². The monoisotopic (exact) mass is 1640 g/mol. The van der Waals surface area contributed by atoms with E-state index in [-0.39, 0.29) is 54.1 Å². The number of H-pyrrole nitrogens is 2. The number of aliphatic hydroxyl groups excluding tert-OH is 1. The standard InChI is InChI=1S/C56H75N15O27P4S4/c1-22-11-69(50(75)63-41(22)57)47-35-38(54(17-72,92-47)26(5)87-35)96-101(81,105)85-18-55-27(6)88-36(48(93-55)70-12-23(2)42(58)64-51(70)76)39(55)98-102(82,106)86-19-56-28(7)89-37(49(94-56)71-21-62-34-43(59)60-20-61-44(34)71)40(56)97-100(80,104)84-16-31-30(10-33(91-31)68-14-25(4)46(74)66-53(68)78)95-99(79,103)83-15-29-8-9-32(90-29)67-13-24(3)45(73)65-52(67)77/h11-14,20,26-33,35-40,47-49,62,72H,8-10,15-19,21H2,1-7H3,(H,79,103)(H,80,104)(H,81,105)(H,82,106)(H2,57,63,75)(H2,58,64,76)(H2,59,60,61)(H,65,73,77)(H,66,74,78)/t26-,27-,28-,29-,30+,31+,32+,33+,35-,36-,37-,38?,39?,40?,47+,48+,49+,54-,55-,56-,99?,100?,101?,102?/m0/s1. The molecule has 42 nitrogen and oxygen atoms in total. The van der Waals surface area contributed by atoms with E-state index in [1.165, 1.54) is 56.5 Å². The molecule has 6 bridgehead atoms. The lowest BCUT2D eigenvalue weighted by Crippen LogP contribution is -2.53. The SMILES string of the molecule is Cc1cn([C@@H]2O[C@]3(CO)C(OP(=O)(S)OC[C@]45O[C@@H](n6cc(C)c(N)nc6=O)[C@@H](O[C@H]4C)C5OP(=O)(S)OC[C@]45O[C@@H](N6CNc7c(N)ncnc76)[C@@H](O[C@H]4C)C5OP(=O)(S)OC[C@H]4O[C@@H](n5cc(C)c(=O)[nH]c5=O)C[C@H]4OP(=O)(S)OC[C@@H]4CC[C@H](n5cc(C)c(=O)[nH]c5=O)O4)[C@@H]2O[C@H]3C)c(=O)nc1N. The van der Waals surface area contributed by atoms with E-state index in [0.29, 0.717) is 29.7 Å². The summed E-state index contributed by atoms with van der Waals surface area (Å²) >= 11 is 17.5. The molecule has 0 radical (unpaired) electrons. The first kappa shape index (κ1) is 77.6. The molecule has 0 aromatic carbocycles. The molecule has 50 heteroatoms. The summed E-state index contributed by atoms with van der Waals surface area (Å²) in [6, 6.07) is 0. The Balaban J connectivity index is 0.716. The lowest BCUT2D eigenvalue weighted by atomic mass is 9.94. The number of ether oxygens (including phenoxy) is 8. The van der Waals surface area contributed by atoms with Gasteiger partial charge in [-0.25, -0.2) is 47.4 Å². The van der Waals surface area contributed by atoms with Crippen molar-refractivity contribution in [2.24, 2.45) is 0 Å². The number of aromatic amines is 2. The van der Waals surface area contributed by atoms with E-state index >= 15 is 9.13 Å². The number of rotatable bonds is 26. The molecule has 8 fully saturated rings. The molecule has 7 unspecified atom stereocenters. The zero-order valence-electron chi connectivity index (χ0n) is 57.0. The number of hydrogen-bond acceptors (Lipinski definition) is 36. The van der Waals surface area contributed by atoms with Crippen LogP contribution in [0.2, 0.25) is 0 Å². The molecule has 0 saturated carbocycles. The van der Waals surface area contributed by atoms with Crippen molar-refractivity contribution < 1.29 is 97.5 Å². The third-order valence-corrected chi connectivity index (χ3v) is 26.7. The number of aromatic nitrogens is 10. The molecule has 0 spiro atoms. The summed E-state index contributed by atoms with van der Waals surface area (Å²) in [5.74, 6) is 0.164. The first-order valence-corrected chi connectivity index (χ1v) is 43.6. The molecule has 14 rings (SSSR count). The molecular weight excluding hydrogens is 1570 g/mol. The summed E-state index contributed by atoms with van der Waals surface area (Å²) in [5, 5.41) is 14.0. The maximum absolute atomic E-state index is 15.4. The van der Waals surface area contributed by atoms with Crippen LogP contribution in [-0.4, -0.2) is 189 Å². The molecule has 0 amide bonds. The van der Waals surface area contributed by atoms with Crippen LogP contribution in [0.4, 0.5) is 29.0 Å². The van der Waals surface area contributed by atoms with Crippen LogP contribution in [0.15, 0.2) is 59.9 Å². The van der Waals surface area contributed by atoms with E-state index in [0.717, 1.165) is 13.7 Å². The van der Waals surface area contributed by atoms with Gasteiger partial charge in [0.1, 0.15) is 102 Å². The van der Waals surface area contributed by atoms with Crippen molar-refractivity contribution >= 4 is 105 Å². The predicted octanol–water partition coefficient (Wildman–Crippen LogP) is 1.97. The second-order valence-corrected chi connectivity index (χ2v) is 38.4. The lowest BCUT2D eigenvalue weighted by molar-refractivity contribution is -0.219. The van der Waals surface area contributed by atoms with Gasteiger partial charge in [0.15, 0.2) is 30.3 Å². The number of aryl methyl sites for hydroxylation is 4. The van der Waals surface area contributed by atoms with Crippen LogP contribution in [0.1, 0.15) is 87.2 Å². The summed E-state index contributed by atoms with van der Waals surface area (Å²) in [6.07, 6.45) is -14.5. The summed E-state index contributed by atoms with van der Waals surface area (Å²) in [5.41, 5.74) is 9.23. The number of hydrogen-bond donors (Lipinski definition) is 11. The average molecular weight is 1640 g/mol. The molecular formula is C56H75N15O27P4S4. The largest absolute Gasteiger partial charge is 0.393 e. The summed E-state index contributed by atoms with van der Waals surface area (Å²) in [6.45, 7) is -11.9. The Morgan fingerprint density at radius 1 is 0.557 bits per heavy atom. The normalized spacial score (nSPS) is 35.7. The molecule has 5 aromatic rings. The molecule has 9 aliphatic rings. The van der Waals surface area contributed by atoms with E-state index in [4.69, 9.17) is 91.3 Å². The molecule has 24 atom stereocenters. The Morgan fingerprint density at radius 3 is 1.55 bits per heavy atom. The van der Waals surface area contributed by atoms with Gasteiger partial charge in [-0.05, 0) is 61.3 Å². The highest BCUT2D eigenvalue weighted by Crippen LogP contribution is 2.67. The highest BCUT2D eigenvalue weighted by Gasteiger charge is 2.73. The van der Waals surface area contributed by atoms with Crippen molar-refractivity contribution in [3.63, 3.8) is 0 Å². The molecule has 580 valence electrons. The second kappa shape index (κ2) is 28.5. The summed E-state index contributed by atoms with van der Waals surface area (Å²) in [4.78, 5) is 99.7. The van der Waals surface area contributed by atoms with Crippen LogP contribution in [0.25, 0.3) is 0 Å². The third-order valence-electron chi connectivity index (χ3n) is 20.3. The van der Waals surface area contributed by atoms with E-state index in [2.05, 4.69) is 84.2 Å². The second-order valence-electron chi connectivity index (χ2n) is 26.9. The van der Waals surface area contributed by atoms with Crippen LogP contribution in [0.5, 0.6) is 0 Å². The summed E-state index contributed by atoms with van der Waals surface area (Å²) in [7, 11) is 0. The number of nitrogens with two attached hydrogens (primary N) is 3. The molecule has 10 N–H and O–H groups in total. The zero-order chi connectivity index (χ0) is 76.0. The van der Waals surface area contributed by atoms with Gasteiger partial charge in [-0.2, -0.15) is 9.97 Å². The van der Waals surface area contributed by atoms with Gasteiger partial charge in [-0.15, -0.1) is 0 Å². The fourth-order valence-electron chi connectivity index (χ4n) is 14.6. The fraction of sp³-hybridized carbons (Fsp3) is 0.643. The van der Waals surface area contributed by atoms with Gasteiger partial charge >= 0.3 is 49.9 Å². The van der Waals surface area contributed by atoms with E-state index < -0.39 is 209 Å². The molecule has 8 saturated heterocycles. The maximum Gasteiger partial charge on any atom is 0.386 e. The molecule has 0 aliphatic carbocycles. The third kappa shape index (κ3) is 14.1. The van der Waals surface area contributed by atoms with Gasteiger partial charge in [0.05, 0.1) is 64.1 Å². The fourth-order valence-corrected chi connectivity index (χ4v) is 20.6. The minimum absolute atomic E-state index is 0.0235. The molecule has 14 heterocycles. The minimum Gasteiger partial charge on any atom is -0.393 e. The van der Waals surface area contributed by atoms with Gasteiger partial charge in [0, 0.05) is 53.5 Å². The van der Waals surface area contributed by atoms with Crippen molar-refractivity contribution in [1.82, 2.24) is 48.2 Å². The van der Waals surface area contributed by atoms with Crippen LogP contribution >= 0.6 is 76.2 Å². The first-order valence-electron chi connectivity index (χ1n) is 32.9. The quantitative estimate of drug-likeness (QED) is 0.0278. The van der Waals surface area contributed by atoms with Gasteiger partial charge in [0.25, 0.3) is 11.1 Å². The number of aliphatic hydroxyl groups is 1. The summed E-state index contributed by atoms with van der Waals surface area (Å²) < 4.78 is 164. The molecule has 106 heavy (non-hydrogen) atoms. The van der Waals surface area contributed by atoms with Crippen molar-refractivity contribution in [3.8, 4) is 0 Å². The molecule has 5 aromatic heterocycles. The Hall–Kier alpha value is -5.16. The van der Waals surface area contributed by atoms with Crippen LogP contribution < -0.4 is 61.3 Å². The molecule has 9 aliphatic heterocycles. The van der Waals surface area contributed by atoms with Crippen molar-refractivity contribution in [1.29, 1.82) is 0 Å². The number of fused-ring (bicyclic) bond motifs is 7. The van der Waals surface area contributed by atoms with Crippen molar-refractivity contribution in [3.05, 3.63) is 116 Å². The van der Waals surface area contributed by atoms with Gasteiger partial charge in [0.2, 0.25) is 0 Å². The minimum atomic E-state index is -4.96. The number of nitrogen functional groups attached to an aromatic ring is 3. The highest BCUT2D eigenvalue weighted by atomic mass is 32.7. The lowest BCUT2D eigenvalue weighted by Gasteiger charge is -2.39. The number of anilines is 5. The smallest absolute Gasteiger partial charge is 0.386 e. The number of thiol groups is 4. The van der Waals surface area contributed by atoms with Crippen LogP contribution in [0, 0.1) is 27.7 Å². The van der Waals surface area contributed by atoms with Gasteiger partial charge in [-0.1, -0.05) is 49.0 Å². The van der Waals surface area contributed by atoms with Crippen molar-refractivity contribution in [2.45, 2.75) is 189 Å². The van der Waals surface area contributed by atoms with Crippen LogP contribution in [0.3, 0.4) is 0 Å². The topological polar surface area (TPSA) is 535 Å². The Labute approximate surface area is 619 Å². The Bertz CT molecular complexity index is 4910. The average Bonchev–Trinajstić information content (AvgIpc) is 1.56. The Morgan fingerprint density at radius 2 is 1.01 bits per heavy atom. The highest BCUT2D eigenvalue weighted by molar-refractivity contribution is 8.45.